The Morgan fingerprint density at radius 1 is 1.69 bits per heavy atom. The van der Waals surface area contributed by atoms with Crippen LogP contribution in [0, 0.1) is 2.88 Å². The molecule has 0 aromatic carbocycles. The molecule has 4 heteroatoms. The Labute approximate surface area is 95.4 Å². The molecule has 0 N–H and O–H groups in total. The normalized spacial score (nSPS) is 12.5. The van der Waals surface area contributed by atoms with E-state index in [0.29, 0.717) is 6.61 Å². The summed E-state index contributed by atoms with van der Waals surface area (Å²) in [6, 6.07) is 3.99. The highest BCUT2D eigenvalue weighted by atomic mass is 127. The molecule has 1 aromatic rings. The highest BCUT2D eigenvalue weighted by molar-refractivity contribution is 14.1. The topological polar surface area (TPSA) is 26.3 Å². The summed E-state index contributed by atoms with van der Waals surface area (Å²) in [6.07, 6.45) is 0. The fraction of sp³-hybridized carbons (Fsp3) is 0.444. The van der Waals surface area contributed by atoms with Crippen molar-refractivity contribution in [3.8, 4) is 0 Å². The summed E-state index contributed by atoms with van der Waals surface area (Å²) >= 11 is 3.88. The summed E-state index contributed by atoms with van der Waals surface area (Å²) < 4.78 is 6.13. The summed E-state index contributed by atoms with van der Waals surface area (Å²) in [4.78, 5) is 12.4. The zero-order valence-corrected chi connectivity index (χ0v) is 10.5. The average molecular weight is 310 g/mol. The van der Waals surface area contributed by atoms with Crippen LogP contribution in [-0.2, 0) is 9.53 Å². The number of thiophene rings is 1. The minimum absolute atomic E-state index is 0.131. The highest BCUT2D eigenvalue weighted by Crippen LogP contribution is 2.26. The Morgan fingerprint density at radius 2 is 2.38 bits per heavy atom. The second-order valence-corrected chi connectivity index (χ2v) is 5.63. The first-order valence-electron chi connectivity index (χ1n) is 4.07. The minimum Gasteiger partial charge on any atom is -0.466 e. The van der Waals surface area contributed by atoms with Gasteiger partial charge in [-0.2, -0.15) is 0 Å². The minimum atomic E-state index is -0.138. The van der Waals surface area contributed by atoms with E-state index >= 15 is 0 Å². The largest absolute Gasteiger partial charge is 0.466 e. The molecule has 0 fully saturated rings. The molecule has 0 aliphatic carbocycles. The molecule has 0 saturated heterocycles. The fourth-order valence-electron chi connectivity index (χ4n) is 0.944. The number of halogens is 1. The van der Waals surface area contributed by atoms with Gasteiger partial charge in [0.25, 0.3) is 0 Å². The number of esters is 1. The standard InChI is InChI=1S/C9H11IO2S/c1-3-12-9(11)6(2)7-4-5-8(10)13-7/h4-6H,3H2,1-2H3. The molecule has 72 valence electrons. The maximum atomic E-state index is 11.3. The number of ether oxygens (including phenoxy) is 1. The molecule has 13 heavy (non-hydrogen) atoms. The van der Waals surface area contributed by atoms with Gasteiger partial charge in [-0.3, -0.25) is 4.79 Å². The average Bonchev–Trinajstić information content (AvgIpc) is 2.51. The molecule has 1 unspecified atom stereocenters. The lowest BCUT2D eigenvalue weighted by Gasteiger charge is -2.07. The van der Waals surface area contributed by atoms with Gasteiger partial charge >= 0.3 is 5.97 Å². The third-order valence-electron chi connectivity index (χ3n) is 1.66. The Balaban J connectivity index is 2.67. The quantitative estimate of drug-likeness (QED) is 0.634. The molecule has 0 bridgehead atoms. The number of carbonyl (C=O) groups is 1. The summed E-state index contributed by atoms with van der Waals surface area (Å²) in [5, 5.41) is 0. The van der Waals surface area contributed by atoms with Crippen LogP contribution < -0.4 is 0 Å². The van der Waals surface area contributed by atoms with Crippen LogP contribution in [0.3, 0.4) is 0 Å². The van der Waals surface area contributed by atoms with Crippen LogP contribution in [0.1, 0.15) is 24.6 Å². The molecule has 0 spiro atoms. The molecule has 0 saturated carbocycles. The first kappa shape index (κ1) is 11.0. The Hall–Kier alpha value is -0.100. The van der Waals surface area contributed by atoms with Gasteiger partial charge in [0.15, 0.2) is 0 Å². The first-order chi connectivity index (χ1) is 6.15. The van der Waals surface area contributed by atoms with Crippen molar-refractivity contribution in [2.45, 2.75) is 19.8 Å². The van der Waals surface area contributed by atoms with Crippen LogP contribution in [0.15, 0.2) is 12.1 Å². The van der Waals surface area contributed by atoms with Crippen molar-refractivity contribution in [1.82, 2.24) is 0 Å². The second-order valence-electron chi connectivity index (χ2n) is 2.62. The van der Waals surface area contributed by atoms with Crippen molar-refractivity contribution in [2.24, 2.45) is 0 Å². The monoisotopic (exact) mass is 310 g/mol. The van der Waals surface area contributed by atoms with Crippen molar-refractivity contribution in [2.75, 3.05) is 6.61 Å². The van der Waals surface area contributed by atoms with Gasteiger partial charge in [-0.15, -0.1) is 11.3 Å². The molecule has 0 radical (unpaired) electrons. The predicted octanol–water partition coefficient (Wildman–Crippen LogP) is 3.02. The maximum absolute atomic E-state index is 11.3. The van der Waals surface area contributed by atoms with E-state index in [1.54, 1.807) is 11.3 Å². The fourth-order valence-corrected chi connectivity index (χ4v) is 2.66. The van der Waals surface area contributed by atoms with Crippen LogP contribution in [0.4, 0.5) is 0 Å². The molecule has 1 rings (SSSR count). The van der Waals surface area contributed by atoms with Crippen LogP contribution in [0.5, 0.6) is 0 Å². The number of rotatable bonds is 3. The summed E-state index contributed by atoms with van der Waals surface area (Å²) in [7, 11) is 0. The van der Waals surface area contributed by atoms with Crippen LogP contribution in [-0.4, -0.2) is 12.6 Å². The van der Waals surface area contributed by atoms with Gasteiger partial charge in [0, 0.05) is 4.88 Å². The van der Waals surface area contributed by atoms with E-state index in [2.05, 4.69) is 22.6 Å². The smallest absolute Gasteiger partial charge is 0.313 e. The van der Waals surface area contributed by atoms with Crippen LogP contribution in [0.2, 0.25) is 0 Å². The van der Waals surface area contributed by atoms with Gasteiger partial charge in [-0.1, -0.05) is 0 Å². The molecular formula is C9H11IO2S. The van der Waals surface area contributed by atoms with E-state index in [1.165, 1.54) is 2.88 Å². The van der Waals surface area contributed by atoms with E-state index in [9.17, 15) is 4.79 Å². The highest BCUT2D eigenvalue weighted by Gasteiger charge is 2.17. The van der Waals surface area contributed by atoms with Crippen LogP contribution in [0.25, 0.3) is 0 Å². The molecule has 0 amide bonds. The Morgan fingerprint density at radius 3 is 2.85 bits per heavy atom. The number of carbonyl (C=O) groups excluding carboxylic acids is 1. The second kappa shape index (κ2) is 4.95. The predicted molar refractivity (Wildman–Crippen MR) is 62.1 cm³/mol. The lowest BCUT2D eigenvalue weighted by molar-refractivity contribution is -0.144. The lowest BCUT2D eigenvalue weighted by Crippen LogP contribution is -2.11. The van der Waals surface area contributed by atoms with E-state index in [4.69, 9.17) is 4.74 Å². The van der Waals surface area contributed by atoms with Crippen LogP contribution >= 0.6 is 33.9 Å². The van der Waals surface area contributed by atoms with Gasteiger partial charge in [-0.05, 0) is 48.6 Å². The molecule has 0 aliphatic rings. The van der Waals surface area contributed by atoms with Gasteiger partial charge in [0.1, 0.15) is 0 Å². The van der Waals surface area contributed by atoms with Crippen molar-refractivity contribution < 1.29 is 9.53 Å². The van der Waals surface area contributed by atoms with Gasteiger partial charge in [-0.25, -0.2) is 0 Å². The summed E-state index contributed by atoms with van der Waals surface area (Å²) in [5.41, 5.74) is 0. The first-order valence-corrected chi connectivity index (χ1v) is 5.96. The van der Waals surface area contributed by atoms with E-state index in [1.807, 2.05) is 26.0 Å². The van der Waals surface area contributed by atoms with Crippen molar-refractivity contribution >= 4 is 39.9 Å². The van der Waals surface area contributed by atoms with Gasteiger partial charge in [0.2, 0.25) is 0 Å². The van der Waals surface area contributed by atoms with Gasteiger partial charge < -0.3 is 4.74 Å². The van der Waals surface area contributed by atoms with Crippen molar-refractivity contribution in [3.63, 3.8) is 0 Å². The Kier molecular flexibility index (Phi) is 4.18. The molecule has 0 aliphatic heterocycles. The third kappa shape index (κ3) is 2.95. The molecule has 1 aromatic heterocycles. The SMILES string of the molecule is CCOC(=O)C(C)c1ccc(I)s1. The zero-order valence-electron chi connectivity index (χ0n) is 7.54. The lowest BCUT2D eigenvalue weighted by atomic mass is 10.1. The summed E-state index contributed by atoms with van der Waals surface area (Å²) in [5.74, 6) is -0.269. The van der Waals surface area contributed by atoms with Crippen molar-refractivity contribution in [1.29, 1.82) is 0 Å². The number of hydrogen-bond donors (Lipinski definition) is 0. The van der Waals surface area contributed by atoms with E-state index in [-0.39, 0.29) is 11.9 Å². The van der Waals surface area contributed by atoms with E-state index < -0.39 is 0 Å². The van der Waals surface area contributed by atoms with E-state index in [0.717, 1.165) is 4.88 Å². The molecule has 1 atom stereocenters. The third-order valence-corrected chi connectivity index (χ3v) is 3.74. The summed E-state index contributed by atoms with van der Waals surface area (Å²) in [6.45, 7) is 4.15. The maximum Gasteiger partial charge on any atom is 0.313 e. The van der Waals surface area contributed by atoms with Crippen molar-refractivity contribution in [3.05, 3.63) is 19.9 Å². The molecular weight excluding hydrogens is 299 g/mol. The Bertz CT molecular complexity index is 296. The zero-order chi connectivity index (χ0) is 9.84. The molecule has 2 nitrogen and oxygen atoms in total. The number of hydrogen-bond acceptors (Lipinski definition) is 3. The van der Waals surface area contributed by atoms with Gasteiger partial charge in [0.05, 0.1) is 15.4 Å². The molecule has 1 heterocycles.